The molecule has 1 aliphatic heterocycles. The summed E-state index contributed by atoms with van der Waals surface area (Å²) in [4.78, 5) is 2.41. The van der Waals surface area contributed by atoms with Crippen LogP contribution in [-0.2, 0) is 6.54 Å². The molecule has 1 unspecified atom stereocenters. The molecule has 0 radical (unpaired) electrons. The quantitative estimate of drug-likeness (QED) is 0.794. The summed E-state index contributed by atoms with van der Waals surface area (Å²) in [6, 6.07) is 17.5. The highest BCUT2D eigenvalue weighted by atomic mass is 19.1. The number of nitrogens with zero attached hydrogens (tertiary/aromatic N) is 3. The molecule has 128 valence electrons. The van der Waals surface area contributed by atoms with Crippen LogP contribution in [0.25, 0.3) is 5.69 Å². The van der Waals surface area contributed by atoms with E-state index in [0.717, 1.165) is 37.4 Å². The van der Waals surface area contributed by atoms with Crippen molar-refractivity contribution in [2.75, 3.05) is 19.6 Å². The number of halogens is 1. The Morgan fingerprint density at radius 1 is 1.12 bits per heavy atom. The Kier molecular flexibility index (Phi) is 4.59. The Morgan fingerprint density at radius 2 is 2.00 bits per heavy atom. The molecular formula is C20H21FN4. The maximum Gasteiger partial charge on any atom is 0.123 e. The van der Waals surface area contributed by atoms with Gasteiger partial charge in [-0.25, -0.2) is 9.07 Å². The van der Waals surface area contributed by atoms with Crippen molar-refractivity contribution in [1.82, 2.24) is 20.0 Å². The molecule has 2 heterocycles. The summed E-state index contributed by atoms with van der Waals surface area (Å²) in [6.45, 7) is 3.59. The monoisotopic (exact) mass is 336 g/mol. The highest BCUT2D eigenvalue weighted by Crippen LogP contribution is 2.25. The molecule has 0 spiro atoms. The number of benzene rings is 2. The van der Waals surface area contributed by atoms with Crippen molar-refractivity contribution in [3.05, 3.63) is 83.9 Å². The first kappa shape index (κ1) is 16.0. The van der Waals surface area contributed by atoms with Gasteiger partial charge in [-0.15, -0.1) is 0 Å². The zero-order valence-electron chi connectivity index (χ0n) is 14.0. The Morgan fingerprint density at radius 3 is 2.76 bits per heavy atom. The van der Waals surface area contributed by atoms with Gasteiger partial charge in [0.05, 0.1) is 5.69 Å². The van der Waals surface area contributed by atoms with Crippen LogP contribution in [0.15, 0.2) is 67.0 Å². The number of aromatic nitrogens is 2. The fraction of sp³-hybridized carbons (Fsp3) is 0.250. The normalized spacial score (nSPS) is 18.4. The van der Waals surface area contributed by atoms with E-state index in [2.05, 4.69) is 39.6 Å². The van der Waals surface area contributed by atoms with Gasteiger partial charge >= 0.3 is 0 Å². The first-order valence-corrected chi connectivity index (χ1v) is 8.59. The smallest absolute Gasteiger partial charge is 0.123 e. The van der Waals surface area contributed by atoms with Crippen molar-refractivity contribution in [3.8, 4) is 5.69 Å². The lowest BCUT2D eigenvalue weighted by molar-refractivity contribution is 0.153. The summed E-state index contributed by atoms with van der Waals surface area (Å²) >= 11 is 0. The molecule has 1 N–H and O–H groups in total. The van der Waals surface area contributed by atoms with E-state index in [1.807, 2.05) is 23.0 Å². The molecular weight excluding hydrogens is 315 g/mol. The average molecular weight is 336 g/mol. The fourth-order valence-corrected chi connectivity index (χ4v) is 3.39. The van der Waals surface area contributed by atoms with Gasteiger partial charge in [-0.3, -0.25) is 4.90 Å². The number of rotatable bonds is 4. The van der Waals surface area contributed by atoms with E-state index in [-0.39, 0.29) is 11.9 Å². The van der Waals surface area contributed by atoms with Crippen LogP contribution in [0.5, 0.6) is 0 Å². The minimum atomic E-state index is -0.174. The molecule has 1 aromatic heterocycles. The third-order valence-electron chi connectivity index (χ3n) is 4.68. The summed E-state index contributed by atoms with van der Waals surface area (Å²) in [5.74, 6) is -0.174. The Labute approximate surface area is 146 Å². The predicted octanol–water partition coefficient (Wildman–Crippen LogP) is 3.16. The Hall–Kier alpha value is -2.50. The topological polar surface area (TPSA) is 33.1 Å². The number of nitrogens with one attached hydrogen (secondary N) is 1. The predicted molar refractivity (Wildman–Crippen MR) is 96.0 cm³/mol. The van der Waals surface area contributed by atoms with E-state index < -0.39 is 0 Å². The highest BCUT2D eigenvalue weighted by molar-refractivity contribution is 5.34. The van der Waals surface area contributed by atoms with Crippen LogP contribution in [-0.4, -0.2) is 34.3 Å². The second kappa shape index (κ2) is 7.17. The van der Waals surface area contributed by atoms with Crippen molar-refractivity contribution in [2.24, 2.45) is 0 Å². The van der Waals surface area contributed by atoms with E-state index >= 15 is 0 Å². The van der Waals surface area contributed by atoms with Crippen molar-refractivity contribution < 1.29 is 4.39 Å². The van der Waals surface area contributed by atoms with Crippen LogP contribution in [0.1, 0.15) is 17.2 Å². The van der Waals surface area contributed by atoms with Gasteiger partial charge in [0, 0.05) is 44.6 Å². The van der Waals surface area contributed by atoms with Crippen molar-refractivity contribution in [1.29, 1.82) is 0 Å². The van der Waals surface area contributed by atoms with Gasteiger partial charge in [0.2, 0.25) is 0 Å². The lowest BCUT2D eigenvalue weighted by Gasteiger charge is -2.36. The molecule has 1 aliphatic rings. The van der Waals surface area contributed by atoms with Crippen LogP contribution < -0.4 is 5.32 Å². The summed E-state index contributed by atoms with van der Waals surface area (Å²) < 4.78 is 15.5. The van der Waals surface area contributed by atoms with Crippen LogP contribution in [0.4, 0.5) is 4.39 Å². The third kappa shape index (κ3) is 3.62. The fourth-order valence-electron chi connectivity index (χ4n) is 3.39. The van der Waals surface area contributed by atoms with Crippen molar-refractivity contribution in [3.63, 3.8) is 0 Å². The van der Waals surface area contributed by atoms with E-state index in [1.165, 1.54) is 11.6 Å². The molecule has 25 heavy (non-hydrogen) atoms. The number of hydrogen-bond donors (Lipinski definition) is 1. The molecule has 4 nitrogen and oxygen atoms in total. The molecule has 1 saturated heterocycles. The molecule has 4 rings (SSSR count). The zero-order valence-corrected chi connectivity index (χ0v) is 14.0. The largest absolute Gasteiger partial charge is 0.314 e. The van der Waals surface area contributed by atoms with E-state index in [9.17, 15) is 4.39 Å². The molecule has 0 saturated carbocycles. The highest BCUT2D eigenvalue weighted by Gasteiger charge is 2.24. The van der Waals surface area contributed by atoms with Gasteiger partial charge < -0.3 is 5.32 Å². The first-order valence-electron chi connectivity index (χ1n) is 8.59. The molecule has 1 atom stereocenters. The third-order valence-corrected chi connectivity index (χ3v) is 4.68. The minimum absolute atomic E-state index is 0.174. The van der Waals surface area contributed by atoms with E-state index in [4.69, 9.17) is 0 Å². The Bertz CT molecular complexity index is 814. The average Bonchev–Trinajstić information content (AvgIpc) is 3.18. The lowest BCUT2D eigenvalue weighted by atomic mass is 10.0. The molecule has 0 amide bonds. The van der Waals surface area contributed by atoms with Crippen molar-refractivity contribution in [2.45, 2.75) is 12.6 Å². The van der Waals surface area contributed by atoms with Crippen LogP contribution in [0.3, 0.4) is 0 Å². The minimum Gasteiger partial charge on any atom is -0.314 e. The molecule has 3 aromatic rings. The SMILES string of the molecule is Fc1cccc(C2CNCCN2Cc2ccc(-n3cccn3)cc2)c1. The van der Waals surface area contributed by atoms with Crippen LogP contribution in [0, 0.1) is 5.82 Å². The van der Waals surface area contributed by atoms with Gasteiger partial charge in [0.25, 0.3) is 0 Å². The van der Waals surface area contributed by atoms with E-state index in [0.29, 0.717) is 0 Å². The maximum atomic E-state index is 13.6. The summed E-state index contributed by atoms with van der Waals surface area (Å²) in [5.41, 5.74) is 3.33. The van der Waals surface area contributed by atoms with Gasteiger partial charge in [0.1, 0.15) is 5.82 Å². The van der Waals surface area contributed by atoms with Gasteiger partial charge in [-0.05, 0) is 41.5 Å². The molecule has 0 aliphatic carbocycles. The second-order valence-corrected chi connectivity index (χ2v) is 6.36. The van der Waals surface area contributed by atoms with Gasteiger partial charge in [0.15, 0.2) is 0 Å². The Balaban J connectivity index is 1.51. The number of piperazine rings is 1. The van der Waals surface area contributed by atoms with E-state index in [1.54, 1.807) is 18.3 Å². The van der Waals surface area contributed by atoms with Crippen LogP contribution in [0.2, 0.25) is 0 Å². The second-order valence-electron chi connectivity index (χ2n) is 6.36. The molecule has 2 aromatic carbocycles. The van der Waals surface area contributed by atoms with Gasteiger partial charge in [-0.1, -0.05) is 24.3 Å². The summed E-state index contributed by atoms with van der Waals surface area (Å²) in [5, 5.41) is 7.67. The standard InChI is InChI=1S/C20H21FN4/c21-18-4-1-3-17(13-18)20-14-22-10-12-24(20)15-16-5-7-19(8-6-16)25-11-2-9-23-25/h1-9,11,13,20,22H,10,12,14-15H2. The summed E-state index contributed by atoms with van der Waals surface area (Å²) in [7, 11) is 0. The molecule has 0 bridgehead atoms. The first-order chi connectivity index (χ1) is 12.3. The maximum absolute atomic E-state index is 13.6. The lowest BCUT2D eigenvalue weighted by Crippen LogP contribution is -2.45. The number of hydrogen-bond acceptors (Lipinski definition) is 3. The molecule has 1 fully saturated rings. The zero-order chi connectivity index (χ0) is 17.1. The van der Waals surface area contributed by atoms with Crippen molar-refractivity contribution >= 4 is 0 Å². The van der Waals surface area contributed by atoms with Crippen LogP contribution >= 0.6 is 0 Å². The summed E-state index contributed by atoms with van der Waals surface area (Å²) in [6.07, 6.45) is 3.71. The molecule has 5 heteroatoms. The van der Waals surface area contributed by atoms with Gasteiger partial charge in [-0.2, -0.15) is 5.10 Å².